The van der Waals surface area contributed by atoms with Crippen LogP contribution in [0.5, 0.6) is 0 Å². The van der Waals surface area contributed by atoms with E-state index in [2.05, 4.69) is 38.0 Å². The van der Waals surface area contributed by atoms with Gasteiger partial charge in [0.15, 0.2) is 0 Å². The van der Waals surface area contributed by atoms with Gasteiger partial charge < -0.3 is 5.32 Å². The van der Waals surface area contributed by atoms with Gasteiger partial charge in [-0.2, -0.15) is 11.8 Å². The van der Waals surface area contributed by atoms with Crippen LogP contribution in [0.15, 0.2) is 0 Å². The average molecular weight is 159 g/mol. The van der Waals surface area contributed by atoms with E-state index in [4.69, 9.17) is 0 Å². The lowest BCUT2D eigenvalue weighted by atomic mass is 9.98. The third kappa shape index (κ3) is 1.48. The molecule has 1 fully saturated rings. The van der Waals surface area contributed by atoms with E-state index >= 15 is 0 Å². The highest BCUT2D eigenvalue weighted by Gasteiger charge is 2.33. The van der Waals surface area contributed by atoms with Crippen LogP contribution in [0.2, 0.25) is 0 Å². The summed E-state index contributed by atoms with van der Waals surface area (Å²) < 4.78 is 0.509. The maximum Gasteiger partial charge on any atom is 0.0282 e. The molecule has 1 nitrogen and oxygen atoms in total. The molecule has 10 heavy (non-hydrogen) atoms. The minimum atomic E-state index is 0.509. The zero-order chi connectivity index (χ0) is 7.61. The van der Waals surface area contributed by atoms with Gasteiger partial charge >= 0.3 is 0 Å². The monoisotopic (exact) mass is 159 g/mol. The quantitative estimate of drug-likeness (QED) is 0.660. The molecule has 1 saturated heterocycles. The van der Waals surface area contributed by atoms with E-state index in [0.29, 0.717) is 10.8 Å². The van der Waals surface area contributed by atoms with Crippen molar-refractivity contribution in [2.24, 2.45) is 0 Å². The minimum Gasteiger partial charge on any atom is -0.316 e. The number of hydrogen-bond acceptors (Lipinski definition) is 2. The molecule has 2 atom stereocenters. The van der Waals surface area contributed by atoms with E-state index in [0.717, 1.165) is 0 Å². The first-order valence-corrected chi connectivity index (χ1v) is 4.99. The van der Waals surface area contributed by atoms with Gasteiger partial charge in [-0.05, 0) is 39.5 Å². The Bertz CT molecular complexity index is 108. The highest BCUT2D eigenvalue weighted by molar-refractivity contribution is 8.00. The highest BCUT2D eigenvalue weighted by Crippen LogP contribution is 2.40. The molecule has 1 aliphatic rings. The van der Waals surface area contributed by atoms with E-state index in [9.17, 15) is 0 Å². The van der Waals surface area contributed by atoms with Crippen molar-refractivity contribution in [3.05, 3.63) is 0 Å². The van der Waals surface area contributed by atoms with Gasteiger partial charge in [0.1, 0.15) is 0 Å². The molecule has 0 bridgehead atoms. The average Bonchev–Trinajstić information content (AvgIpc) is 2.36. The third-order valence-corrected chi connectivity index (χ3v) is 4.31. The molecule has 2 unspecified atom stereocenters. The number of hydrogen-bond donors (Lipinski definition) is 1. The first-order chi connectivity index (χ1) is 4.69. The molecule has 0 radical (unpaired) electrons. The third-order valence-electron chi connectivity index (χ3n) is 2.60. The molecule has 1 aliphatic heterocycles. The Balaban J connectivity index is 2.49. The van der Waals surface area contributed by atoms with Crippen LogP contribution >= 0.6 is 11.8 Å². The van der Waals surface area contributed by atoms with Crippen LogP contribution in [-0.2, 0) is 0 Å². The molecule has 0 aromatic rings. The van der Waals surface area contributed by atoms with Crippen LogP contribution in [0.3, 0.4) is 0 Å². The number of nitrogens with one attached hydrogen (secondary N) is 1. The van der Waals surface area contributed by atoms with E-state index in [-0.39, 0.29) is 0 Å². The summed E-state index contributed by atoms with van der Waals surface area (Å²) in [5, 5.41) is 3.33. The van der Waals surface area contributed by atoms with Crippen LogP contribution in [0.4, 0.5) is 0 Å². The van der Waals surface area contributed by atoms with E-state index < -0.39 is 0 Å². The standard InChI is InChI=1S/C8H17NS/c1-7(9-3)8(2)5-4-6-10-8/h7,9H,4-6H2,1-3H3. The second-order valence-corrected chi connectivity index (χ2v) is 4.90. The maximum absolute atomic E-state index is 3.33. The van der Waals surface area contributed by atoms with Crippen molar-refractivity contribution in [3.8, 4) is 0 Å². The Hall–Kier alpha value is 0.310. The van der Waals surface area contributed by atoms with Gasteiger partial charge in [-0.15, -0.1) is 0 Å². The normalized spacial score (nSPS) is 36.3. The Kier molecular flexibility index (Phi) is 2.64. The van der Waals surface area contributed by atoms with Crippen LogP contribution in [0.1, 0.15) is 26.7 Å². The number of rotatable bonds is 2. The van der Waals surface area contributed by atoms with Gasteiger partial charge in [-0.25, -0.2) is 0 Å². The number of thioether (sulfide) groups is 1. The zero-order valence-electron chi connectivity index (χ0n) is 7.11. The molecule has 0 aliphatic carbocycles. The summed E-state index contributed by atoms with van der Waals surface area (Å²) in [6, 6.07) is 0.653. The summed E-state index contributed by atoms with van der Waals surface area (Å²) in [6.07, 6.45) is 2.77. The first kappa shape index (κ1) is 8.41. The Morgan fingerprint density at radius 1 is 1.60 bits per heavy atom. The second kappa shape index (κ2) is 3.14. The Morgan fingerprint density at radius 3 is 2.70 bits per heavy atom. The Morgan fingerprint density at radius 2 is 2.30 bits per heavy atom. The molecular weight excluding hydrogens is 142 g/mol. The lowest BCUT2D eigenvalue weighted by Gasteiger charge is -2.29. The topological polar surface area (TPSA) is 12.0 Å². The van der Waals surface area contributed by atoms with Crippen molar-refractivity contribution in [2.45, 2.75) is 37.5 Å². The van der Waals surface area contributed by atoms with Crippen LogP contribution < -0.4 is 5.32 Å². The molecule has 0 aromatic heterocycles. The summed E-state index contributed by atoms with van der Waals surface area (Å²) in [7, 11) is 2.05. The van der Waals surface area contributed by atoms with Gasteiger partial charge in [-0.1, -0.05) is 0 Å². The van der Waals surface area contributed by atoms with E-state index in [1.807, 2.05) is 0 Å². The van der Waals surface area contributed by atoms with Gasteiger partial charge in [0.05, 0.1) is 0 Å². The minimum absolute atomic E-state index is 0.509. The molecule has 0 amide bonds. The van der Waals surface area contributed by atoms with Crippen LogP contribution in [-0.4, -0.2) is 23.6 Å². The van der Waals surface area contributed by atoms with Gasteiger partial charge in [0.2, 0.25) is 0 Å². The van der Waals surface area contributed by atoms with E-state index in [1.54, 1.807) is 0 Å². The molecule has 0 aromatic carbocycles. The van der Waals surface area contributed by atoms with Crippen molar-refractivity contribution in [3.63, 3.8) is 0 Å². The summed E-state index contributed by atoms with van der Waals surface area (Å²) in [4.78, 5) is 0. The molecular formula is C8H17NS. The zero-order valence-corrected chi connectivity index (χ0v) is 7.92. The maximum atomic E-state index is 3.33. The fourth-order valence-corrected chi connectivity index (χ4v) is 2.86. The molecule has 0 spiro atoms. The summed E-state index contributed by atoms with van der Waals surface area (Å²) >= 11 is 2.11. The van der Waals surface area contributed by atoms with Gasteiger partial charge in [0, 0.05) is 10.8 Å². The largest absolute Gasteiger partial charge is 0.316 e. The molecule has 1 rings (SSSR count). The van der Waals surface area contributed by atoms with Crippen molar-refractivity contribution in [1.29, 1.82) is 0 Å². The van der Waals surface area contributed by atoms with Crippen molar-refractivity contribution < 1.29 is 0 Å². The SMILES string of the molecule is CNC(C)C1(C)CCCS1. The Labute approximate surface area is 68.0 Å². The molecule has 1 heterocycles. The van der Waals surface area contributed by atoms with Crippen LogP contribution in [0.25, 0.3) is 0 Å². The summed E-state index contributed by atoms with van der Waals surface area (Å²) in [5.74, 6) is 1.35. The van der Waals surface area contributed by atoms with Crippen molar-refractivity contribution >= 4 is 11.8 Å². The lowest BCUT2D eigenvalue weighted by Crippen LogP contribution is -2.40. The summed E-state index contributed by atoms with van der Waals surface area (Å²) in [6.45, 7) is 4.64. The first-order valence-electron chi connectivity index (χ1n) is 4.00. The second-order valence-electron chi connectivity index (χ2n) is 3.28. The van der Waals surface area contributed by atoms with E-state index in [1.165, 1.54) is 18.6 Å². The predicted molar refractivity (Wildman–Crippen MR) is 48.6 cm³/mol. The highest BCUT2D eigenvalue weighted by atomic mass is 32.2. The smallest absolute Gasteiger partial charge is 0.0282 e. The fourth-order valence-electron chi connectivity index (χ4n) is 1.45. The van der Waals surface area contributed by atoms with Crippen LogP contribution in [0, 0.1) is 0 Å². The fraction of sp³-hybridized carbons (Fsp3) is 1.00. The molecule has 60 valence electrons. The van der Waals surface area contributed by atoms with Crippen molar-refractivity contribution in [1.82, 2.24) is 5.32 Å². The van der Waals surface area contributed by atoms with Crippen molar-refractivity contribution in [2.75, 3.05) is 12.8 Å². The lowest BCUT2D eigenvalue weighted by molar-refractivity contribution is 0.455. The molecule has 1 N–H and O–H groups in total. The summed E-state index contributed by atoms with van der Waals surface area (Å²) in [5.41, 5.74) is 0. The molecule has 0 saturated carbocycles. The predicted octanol–water partition coefficient (Wildman–Crippen LogP) is 1.88. The van der Waals surface area contributed by atoms with Gasteiger partial charge in [-0.3, -0.25) is 0 Å². The molecule has 2 heteroatoms. The van der Waals surface area contributed by atoms with Gasteiger partial charge in [0.25, 0.3) is 0 Å².